The predicted molar refractivity (Wildman–Crippen MR) is 72.4 cm³/mol. The summed E-state index contributed by atoms with van der Waals surface area (Å²) in [6, 6.07) is 4.78. The number of benzene rings is 1. The molecule has 1 aromatic rings. The van der Waals surface area contributed by atoms with E-state index < -0.39 is 5.97 Å². The van der Waals surface area contributed by atoms with Gasteiger partial charge in [-0.1, -0.05) is 19.9 Å². The van der Waals surface area contributed by atoms with Gasteiger partial charge in [-0.3, -0.25) is 14.4 Å². The first kappa shape index (κ1) is 15.9. The van der Waals surface area contributed by atoms with Crippen molar-refractivity contribution in [1.82, 2.24) is 0 Å². The Kier molecular flexibility index (Phi) is 5.90. The molecule has 0 N–H and O–H groups in total. The van der Waals surface area contributed by atoms with E-state index in [1.54, 1.807) is 18.2 Å². The Morgan fingerprint density at radius 3 is 2.60 bits per heavy atom. The van der Waals surface area contributed by atoms with Gasteiger partial charge in [-0.2, -0.15) is 0 Å². The van der Waals surface area contributed by atoms with Crippen molar-refractivity contribution >= 4 is 18.2 Å². The zero-order valence-electron chi connectivity index (χ0n) is 11.8. The van der Waals surface area contributed by atoms with Crippen LogP contribution in [0.25, 0.3) is 0 Å². The van der Waals surface area contributed by atoms with Gasteiger partial charge in [0.25, 0.3) is 6.47 Å². The molecule has 0 aromatic heterocycles. The van der Waals surface area contributed by atoms with Gasteiger partial charge in [0.2, 0.25) is 0 Å². The molecule has 0 aliphatic rings. The van der Waals surface area contributed by atoms with Crippen molar-refractivity contribution < 1.29 is 23.9 Å². The Morgan fingerprint density at radius 1 is 1.35 bits per heavy atom. The largest absolute Gasteiger partial charge is 0.463 e. The molecular formula is C15H18O5. The van der Waals surface area contributed by atoms with Crippen molar-refractivity contribution in [3.05, 3.63) is 29.3 Å². The lowest BCUT2D eigenvalue weighted by molar-refractivity contribution is -0.132. The first-order valence-electron chi connectivity index (χ1n) is 6.40. The second-order valence-electron chi connectivity index (χ2n) is 4.50. The average molecular weight is 278 g/mol. The van der Waals surface area contributed by atoms with Crippen LogP contribution in [0.2, 0.25) is 0 Å². The highest BCUT2D eigenvalue weighted by Gasteiger charge is 2.19. The van der Waals surface area contributed by atoms with Gasteiger partial charge in [0.1, 0.15) is 12.4 Å². The van der Waals surface area contributed by atoms with Gasteiger partial charge in [0.05, 0.1) is 5.56 Å². The molecule has 0 aliphatic carbocycles. The standard InChI is InChI=1S/C15H18O5/c1-4-10(2)15(18)13-7-12(8-19-9-16)5-6-14(13)20-11(3)17/h5-7,9-10H,4,8H2,1-3H3. The van der Waals surface area contributed by atoms with Gasteiger partial charge < -0.3 is 9.47 Å². The van der Waals surface area contributed by atoms with E-state index in [1.165, 1.54) is 6.92 Å². The average Bonchev–Trinajstić information content (AvgIpc) is 2.44. The maximum absolute atomic E-state index is 12.3. The molecule has 5 heteroatoms. The Balaban J connectivity index is 3.14. The summed E-state index contributed by atoms with van der Waals surface area (Å²) < 4.78 is 9.71. The first-order valence-corrected chi connectivity index (χ1v) is 6.40. The predicted octanol–water partition coefficient (Wildman–Crippen LogP) is 2.51. The number of hydrogen-bond donors (Lipinski definition) is 0. The lowest BCUT2D eigenvalue weighted by Gasteiger charge is -2.13. The van der Waals surface area contributed by atoms with Crippen LogP contribution in [-0.2, 0) is 20.9 Å². The summed E-state index contributed by atoms with van der Waals surface area (Å²) in [7, 11) is 0. The fourth-order valence-corrected chi connectivity index (χ4v) is 1.68. The summed E-state index contributed by atoms with van der Waals surface area (Å²) in [6.07, 6.45) is 0.688. The highest BCUT2D eigenvalue weighted by molar-refractivity contribution is 6.00. The maximum atomic E-state index is 12.3. The molecule has 1 unspecified atom stereocenters. The number of Topliss-reactive ketones (excluding diaryl/α,β-unsaturated/α-hetero) is 1. The smallest absolute Gasteiger partial charge is 0.308 e. The van der Waals surface area contributed by atoms with E-state index in [9.17, 15) is 14.4 Å². The van der Waals surface area contributed by atoms with E-state index in [-0.39, 0.29) is 24.1 Å². The van der Waals surface area contributed by atoms with Crippen molar-refractivity contribution in [2.24, 2.45) is 5.92 Å². The highest BCUT2D eigenvalue weighted by atomic mass is 16.5. The van der Waals surface area contributed by atoms with Crippen LogP contribution in [0, 0.1) is 5.92 Å². The highest BCUT2D eigenvalue weighted by Crippen LogP contribution is 2.25. The Hall–Kier alpha value is -2.17. The van der Waals surface area contributed by atoms with E-state index in [0.29, 0.717) is 24.0 Å². The number of hydrogen-bond acceptors (Lipinski definition) is 5. The third-order valence-corrected chi connectivity index (χ3v) is 2.94. The van der Waals surface area contributed by atoms with E-state index >= 15 is 0 Å². The minimum absolute atomic E-state index is 0.0740. The van der Waals surface area contributed by atoms with Crippen LogP contribution in [0.15, 0.2) is 18.2 Å². The minimum atomic E-state index is -0.486. The number of ether oxygens (including phenoxy) is 2. The molecule has 1 aromatic carbocycles. The molecule has 0 fully saturated rings. The van der Waals surface area contributed by atoms with Crippen LogP contribution in [0.1, 0.15) is 43.1 Å². The van der Waals surface area contributed by atoms with Crippen LogP contribution < -0.4 is 4.74 Å². The number of carbonyl (C=O) groups excluding carboxylic acids is 3. The SMILES string of the molecule is CCC(C)C(=O)c1cc(COC=O)ccc1OC(C)=O. The lowest BCUT2D eigenvalue weighted by atomic mass is 9.95. The molecule has 0 amide bonds. The normalized spacial score (nSPS) is 11.6. The van der Waals surface area contributed by atoms with Gasteiger partial charge in [-0.05, 0) is 24.1 Å². The number of ketones is 1. The summed E-state index contributed by atoms with van der Waals surface area (Å²) in [5, 5.41) is 0. The molecule has 0 saturated heterocycles. The van der Waals surface area contributed by atoms with Gasteiger partial charge in [0, 0.05) is 12.8 Å². The van der Waals surface area contributed by atoms with Crippen LogP contribution in [-0.4, -0.2) is 18.2 Å². The zero-order chi connectivity index (χ0) is 15.1. The number of rotatable bonds is 7. The van der Waals surface area contributed by atoms with Crippen molar-refractivity contribution in [2.75, 3.05) is 0 Å². The molecule has 1 atom stereocenters. The van der Waals surface area contributed by atoms with Crippen LogP contribution >= 0.6 is 0 Å². The van der Waals surface area contributed by atoms with E-state index in [4.69, 9.17) is 4.74 Å². The third-order valence-electron chi connectivity index (χ3n) is 2.94. The second kappa shape index (κ2) is 7.43. The Bertz CT molecular complexity index is 507. The summed E-state index contributed by atoms with van der Waals surface area (Å²) in [4.78, 5) is 33.6. The minimum Gasteiger partial charge on any atom is -0.463 e. The molecule has 0 saturated carbocycles. The van der Waals surface area contributed by atoms with Gasteiger partial charge in [-0.15, -0.1) is 0 Å². The summed E-state index contributed by atoms with van der Waals surface area (Å²) in [5.74, 6) is -0.527. The number of carbonyl (C=O) groups is 3. The third kappa shape index (κ3) is 4.19. The van der Waals surface area contributed by atoms with Gasteiger partial charge in [-0.25, -0.2) is 0 Å². The molecule has 0 spiro atoms. The molecule has 0 aliphatic heterocycles. The number of esters is 1. The lowest BCUT2D eigenvalue weighted by Crippen LogP contribution is -2.14. The molecule has 108 valence electrons. The van der Waals surface area contributed by atoms with Crippen molar-refractivity contribution in [3.63, 3.8) is 0 Å². The first-order chi connectivity index (χ1) is 9.49. The topological polar surface area (TPSA) is 69.7 Å². The Morgan fingerprint density at radius 2 is 2.05 bits per heavy atom. The zero-order valence-corrected chi connectivity index (χ0v) is 11.8. The maximum Gasteiger partial charge on any atom is 0.308 e. The monoisotopic (exact) mass is 278 g/mol. The van der Waals surface area contributed by atoms with E-state index in [1.807, 2.05) is 13.8 Å². The van der Waals surface area contributed by atoms with Crippen LogP contribution in [0.4, 0.5) is 0 Å². The van der Waals surface area contributed by atoms with Crippen LogP contribution in [0.5, 0.6) is 5.75 Å². The van der Waals surface area contributed by atoms with Crippen molar-refractivity contribution in [3.8, 4) is 5.75 Å². The summed E-state index contributed by atoms with van der Waals surface area (Å²) >= 11 is 0. The quantitative estimate of drug-likeness (QED) is 0.332. The summed E-state index contributed by atoms with van der Waals surface area (Å²) in [5.41, 5.74) is 1.00. The van der Waals surface area contributed by atoms with E-state index in [2.05, 4.69) is 4.74 Å². The molecule has 0 heterocycles. The van der Waals surface area contributed by atoms with Crippen molar-refractivity contribution in [2.45, 2.75) is 33.8 Å². The molecular weight excluding hydrogens is 260 g/mol. The molecule has 1 rings (SSSR count). The molecule has 0 bridgehead atoms. The molecule has 5 nitrogen and oxygen atoms in total. The Labute approximate surface area is 117 Å². The molecule has 20 heavy (non-hydrogen) atoms. The van der Waals surface area contributed by atoms with Gasteiger partial charge >= 0.3 is 5.97 Å². The van der Waals surface area contributed by atoms with Gasteiger partial charge in [0.15, 0.2) is 5.78 Å². The van der Waals surface area contributed by atoms with Crippen molar-refractivity contribution in [1.29, 1.82) is 0 Å². The van der Waals surface area contributed by atoms with E-state index in [0.717, 1.165) is 0 Å². The second-order valence-corrected chi connectivity index (χ2v) is 4.50. The molecule has 0 radical (unpaired) electrons. The fourth-order valence-electron chi connectivity index (χ4n) is 1.68. The van der Waals surface area contributed by atoms with Crippen LogP contribution in [0.3, 0.4) is 0 Å². The summed E-state index contributed by atoms with van der Waals surface area (Å²) in [6.45, 7) is 5.42. The fraction of sp³-hybridized carbons (Fsp3) is 0.400.